The zero-order valence-corrected chi connectivity index (χ0v) is 15.3. The number of anilines is 1. The van der Waals surface area contributed by atoms with Crippen molar-refractivity contribution in [2.24, 2.45) is 0 Å². The molecule has 0 aliphatic carbocycles. The normalized spacial score (nSPS) is 19.8. The molecule has 1 aromatic rings. The van der Waals surface area contributed by atoms with Crippen molar-refractivity contribution in [1.82, 2.24) is 9.62 Å². The third-order valence-corrected chi connectivity index (χ3v) is 5.01. The van der Waals surface area contributed by atoms with Crippen molar-refractivity contribution in [1.29, 1.82) is 0 Å². The molecule has 0 radical (unpaired) electrons. The van der Waals surface area contributed by atoms with Crippen LogP contribution in [0.4, 0.5) is 10.5 Å². The lowest BCUT2D eigenvalue weighted by Gasteiger charge is -2.37. The van der Waals surface area contributed by atoms with Gasteiger partial charge in [-0.2, -0.15) is 8.42 Å². The van der Waals surface area contributed by atoms with E-state index in [-0.39, 0.29) is 6.04 Å². The molecule has 2 rings (SSSR count). The molecule has 0 spiro atoms. The molecule has 1 N–H and O–H groups in total. The minimum absolute atomic E-state index is 0.290. The fourth-order valence-corrected chi connectivity index (χ4v) is 4.01. The lowest BCUT2D eigenvalue weighted by atomic mass is 10.1. The number of hydrogen-bond acceptors (Lipinski definition) is 6. The van der Waals surface area contributed by atoms with Gasteiger partial charge in [-0.05, 0) is 47.2 Å². The van der Waals surface area contributed by atoms with Gasteiger partial charge in [-0.3, -0.25) is 0 Å². The predicted octanol–water partition coefficient (Wildman–Crippen LogP) is 1.95. The van der Waals surface area contributed by atoms with Gasteiger partial charge in [0, 0.05) is 12.6 Å². The van der Waals surface area contributed by atoms with Gasteiger partial charge in [0.25, 0.3) is 0 Å². The number of likely N-dealkylation sites (N-methyl/N-ethyl adjacent to an activating group) is 1. The second kappa shape index (κ2) is 7.02. The Labute approximate surface area is 142 Å². The summed E-state index contributed by atoms with van der Waals surface area (Å²) < 4.78 is 38.9. The molecule has 0 aromatic carbocycles. The number of ether oxygens (including phenoxy) is 1. The molecule has 1 unspecified atom stereocenters. The zero-order chi connectivity index (χ0) is 18.0. The highest BCUT2D eigenvalue weighted by atomic mass is 32.2. The number of carbonyl (C=O) groups excluding carboxylic acids is 1. The van der Waals surface area contributed by atoms with Crippen molar-refractivity contribution in [3.8, 4) is 0 Å². The monoisotopic (exact) mass is 359 g/mol. The Hall–Kier alpha value is -1.74. The van der Waals surface area contributed by atoms with E-state index >= 15 is 0 Å². The fraction of sp³-hybridized carbons (Fsp3) is 0.667. The average Bonchev–Trinajstić information content (AvgIpc) is 2.88. The van der Waals surface area contributed by atoms with Crippen LogP contribution in [0.15, 0.2) is 23.0 Å². The van der Waals surface area contributed by atoms with Crippen LogP contribution in [0.2, 0.25) is 0 Å². The van der Waals surface area contributed by atoms with Gasteiger partial charge >= 0.3 is 16.3 Å². The smallest absolute Gasteiger partial charge is 0.422 e. The fourth-order valence-electron chi connectivity index (χ4n) is 2.71. The highest BCUT2D eigenvalue weighted by Gasteiger charge is 2.35. The van der Waals surface area contributed by atoms with Gasteiger partial charge < -0.3 is 14.1 Å². The number of furan rings is 1. The van der Waals surface area contributed by atoms with Crippen LogP contribution in [0.3, 0.4) is 0 Å². The Morgan fingerprint density at radius 2 is 2.17 bits per heavy atom. The molecule has 2 heterocycles. The Kier molecular flexibility index (Phi) is 5.44. The third-order valence-electron chi connectivity index (χ3n) is 3.56. The molecular weight excluding hydrogens is 334 g/mol. The van der Waals surface area contributed by atoms with E-state index in [1.807, 2.05) is 11.8 Å². The van der Waals surface area contributed by atoms with Crippen LogP contribution in [0.1, 0.15) is 33.6 Å². The minimum atomic E-state index is -4.12. The lowest BCUT2D eigenvalue weighted by Crippen LogP contribution is -2.54. The first kappa shape index (κ1) is 18.6. The number of rotatable bonds is 4. The number of amides is 1. The third kappa shape index (κ3) is 4.88. The van der Waals surface area contributed by atoms with Gasteiger partial charge in [0.1, 0.15) is 11.9 Å². The molecule has 8 nitrogen and oxygen atoms in total. The largest absolute Gasteiger partial charge is 0.470 e. The molecule has 1 aliphatic heterocycles. The van der Waals surface area contributed by atoms with E-state index in [4.69, 9.17) is 9.15 Å². The Bertz CT molecular complexity index is 651. The number of carbonyl (C=O) groups is 1. The van der Waals surface area contributed by atoms with E-state index in [2.05, 4.69) is 4.90 Å². The lowest BCUT2D eigenvalue weighted by molar-refractivity contribution is 0.0570. The zero-order valence-electron chi connectivity index (χ0n) is 14.5. The molecule has 0 bridgehead atoms. The number of nitrogens with zero attached hydrogens (tertiary/aromatic N) is 2. The molecule has 136 valence electrons. The second-order valence-corrected chi connectivity index (χ2v) is 8.49. The summed E-state index contributed by atoms with van der Waals surface area (Å²) >= 11 is 0. The highest BCUT2D eigenvalue weighted by molar-refractivity contribution is 7.91. The molecule has 1 amide bonds. The Morgan fingerprint density at radius 1 is 1.46 bits per heavy atom. The number of piperidine rings is 1. The van der Waals surface area contributed by atoms with Gasteiger partial charge in [0.05, 0.1) is 18.0 Å². The second-order valence-electron chi connectivity index (χ2n) is 6.94. The van der Waals surface area contributed by atoms with E-state index in [1.165, 1.54) is 16.8 Å². The van der Waals surface area contributed by atoms with E-state index in [0.29, 0.717) is 18.7 Å². The van der Waals surface area contributed by atoms with Gasteiger partial charge in [-0.1, -0.05) is 0 Å². The quantitative estimate of drug-likeness (QED) is 0.883. The maximum absolute atomic E-state index is 12.8. The summed E-state index contributed by atoms with van der Waals surface area (Å²) in [5.41, 5.74) is -0.406. The first-order valence-corrected chi connectivity index (χ1v) is 9.28. The molecule has 0 saturated carbocycles. The molecule has 1 saturated heterocycles. The summed E-state index contributed by atoms with van der Waals surface area (Å²) in [4.78, 5) is 14.0. The topological polar surface area (TPSA) is 92.1 Å². The van der Waals surface area contributed by atoms with Crippen molar-refractivity contribution in [3.63, 3.8) is 0 Å². The molecule has 1 atom stereocenters. The highest BCUT2D eigenvalue weighted by Crippen LogP contribution is 2.26. The predicted molar refractivity (Wildman–Crippen MR) is 90.0 cm³/mol. The Morgan fingerprint density at radius 3 is 2.71 bits per heavy atom. The van der Waals surface area contributed by atoms with Crippen LogP contribution in [-0.2, 0) is 14.9 Å². The van der Waals surface area contributed by atoms with Crippen LogP contribution in [0.5, 0.6) is 0 Å². The van der Waals surface area contributed by atoms with Crippen molar-refractivity contribution in [3.05, 3.63) is 18.6 Å². The van der Waals surface area contributed by atoms with E-state index in [9.17, 15) is 13.2 Å². The summed E-state index contributed by atoms with van der Waals surface area (Å²) in [7, 11) is -2.18. The standard InChI is InChI=1S/C15H25N3O5S/c1-15(2,3)23-14(19)16-24(20,21)18(13-7-9-22-11-13)12-6-5-8-17(4)10-12/h7,9,11-12H,5-6,8,10H2,1-4H3,(H,16,19). The molecular formula is C15H25N3O5S. The summed E-state index contributed by atoms with van der Waals surface area (Å²) in [5.74, 6) is 0. The first-order chi connectivity index (χ1) is 11.1. The van der Waals surface area contributed by atoms with Crippen molar-refractivity contribution >= 4 is 22.0 Å². The van der Waals surface area contributed by atoms with E-state index in [0.717, 1.165) is 13.0 Å². The van der Waals surface area contributed by atoms with Crippen molar-refractivity contribution < 1.29 is 22.4 Å². The first-order valence-electron chi connectivity index (χ1n) is 7.84. The van der Waals surface area contributed by atoms with Crippen molar-refractivity contribution in [2.75, 3.05) is 24.4 Å². The van der Waals surface area contributed by atoms with Gasteiger partial charge in [-0.15, -0.1) is 0 Å². The maximum Gasteiger partial charge on any atom is 0.422 e. The van der Waals surface area contributed by atoms with Crippen LogP contribution in [0, 0.1) is 0 Å². The molecule has 1 fully saturated rings. The molecule has 24 heavy (non-hydrogen) atoms. The molecule has 1 aliphatic rings. The maximum atomic E-state index is 12.8. The molecule has 9 heteroatoms. The van der Waals surface area contributed by atoms with Gasteiger partial charge in [0.2, 0.25) is 0 Å². The SMILES string of the molecule is CN1CCCC(N(c2ccoc2)S(=O)(=O)NC(=O)OC(C)(C)C)C1. The van der Waals surface area contributed by atoms with Crippen LogP contribution in [0.25, 0.3) is 0 Å². The van der Waals surface area contributed by atoms with Crippen LogP contribution in [-0.4, -0.2) is 51.2 Å². The average molecular weight is 359 g/mol. The van der Waals surface area contributed by atoms with Crippen LogP contribution < -0.4 is 9.03 Å². The Balaban J connectivity index is 2.24. The summed E-state index contributed by atoms with van der Waals surface area (Å²) in [6, 6.07) is 1.27. The summed E-state index contributed by atoms with van der Waals surface area (Å²) in [6.45, 7) is 6.49. The van der Waals surface area contributed by atoms with Crippen molar-refractivity contribution in [2.45, 2.75) is 45.3 Å². The van der Waals surface area contributed by atoms with Gasteiger partial charge in [0.15, 0.2) is 0 Å². The minimum Gasteiger partial charge on any atom is -0.470 e. The summed E-state index contributed by atoms with van der Waals surface area (Å²) in [5, 5.41) is 0. The molecule has 1 aromatic heterocycles. The number of likely N-dealkylation sites (tertiary alicyclic amines) is 1. The van der Waals surface area contributed by atoms with Crippen LogP contribution >= 0.6 is 0 Å². The number of nitrogens with one attached hydrogen (secondary N) is 1. The van der Waals surface area contributed by atoms with Gasteiger partial charge in [-0.25, -0.2) is 13.8 Å². The van der Waals surface area contributed by atoms with E-state index in [1.54, 1.807) is 26.8 Å². The number of hydrogen-bond donors (Lipinski definition) is 1. The summed E-state index contributed by atoms with van der Waals surface area (Å²) in [6.07, 6.45) is 3.32. The van der Waals surface area contributed by atoms with E-state index < -0.39 is 21.9 Å².